The summed E-state index contributed by atoms with van der Waals surface area (Å²) in [6, 6.07) is 11.6. The fourth-order valence-corrected chi connectivity index (χ4v) is 2.16. The van der Waals surface area contributed by atoms with E-state index >= 15 is 0 Å². The van der Waals surface area contributed by atoms with E-state index in [2.05, 4.69) is 21.2 Å². The van der Waals surface area contributed by atoms with Crippen LogP contribution in [0.2, 0.25) is 0 Å². The fourth-order valence-electron chi connectivity index (χ4n) is 1.70. The van der Waals surface area contributed by atoms with E-state index in [0.29, 0.717) is 10.2 Å². The van der Waals surface area contributed by atoms with Crippen molar-refractivity contribution in [2.75, 3.05) is 5.32 Å². The van der Waals surface area contributed by atoms with E-state index in [-0.39, 0.29) is 17.6 Å². The van der Waals surface area contributed by atoms with Crippen LogP contribution < -0.4 is 5.32 Å². The largest absolute Gasteiger partial charge is 0.508 e. The Hall–Kier alpha value is -1.55. The normalized spacial score (nSPS) is 12.2. The molecule has 0 spiro atoms. The lowest BCUT2D eigenvalue weighted by molar-refractivity contribution is 0.475. The maximum Gasteiger partial charge on any atom is 0.147 e. The van der Waals surface area contributed by atoms with Crippen LogP contribution in [0.4, 0.5) is 10.1 Å². The number of phenols is 1. The molecule has 0 bridgehead atoms. The highest BCUT2D eigenvalue weighted by Crippen LogP contribution is 2.29. The summed E-state index contributed by atoms with van der Waals surface area (Å²) >= 11 is 3.32. The monoisotopic (exact) mass is 309 g/mol. The van der Waals surface area contributed by atoms with Crippen molar-refractivity contribution in [3.8, 4) is 5.75 Å². The van der Waals surface area contributed by atoms with Crippen molar-refractivity contribution in [3.05, 3.63) is 58.3 Å². The molecule has 0 aliphatic rings. The van der Waals surface area contributed by atoms with Gasteiger partial charge in [0.2, 0.25) is 0 Å². The molecule has 94 valence electrons. The van der Waals surface area contributed by atoms with Crippen LogP contribution in [0.5, 0.6) is 5.75 Å². The van der Waals surface area contributed by atoms with Crippen LogP contribution in [0.1, 0.15) is 18.5 Å². The van der Waals surface area contributed by atoms with Crippen molar-refractivity contribution >= 4 is 21.6 Å². The van der Waals surface area contributed by atoms with Crippen molar-refractivity contribution in [2.24, 2.45) is 0 Å². The third kappa shape index (κ3) is 2.82. The van der Waals surface area contributed by atoms with E-state index in [4.69, 9.17) is 0 Å². The highest BCUT2D eigenvalue weighted by molar-refractivity contribution is 9.10. The molecule has 18 heavy (non-hydrogen) atoms. The highest BCUT2D eigenvalue weighted by Gasteiger charge is 2.11. The molecule has 0 radical (unpaired) electrons. The maximum atomic E-state index is 13.7. The number of rotatable bonds is 3. The van der Waals surface area contributed by atoms with Crippen molar-refractivity contribution < 1.29 is 9.50 Å². The first-order chi connectivity index (χ1) is 8.58. The average Bonchev–Trinajstić information content (AvgIpc) is 2.34. The average molecular weight is 310 g/mol. The molecule has 4 heteroatoms. The Morgan fingerprint density at radius 2 is 1.83 bits per heavy atom. The summed E-state index contributed by atoms with van der Waals surface area (Å²) in [6.07, 6.45) is 0. The molecular weight excluding hydrogens is 297 g/mol. The molecule has 2 aromatic carbocycles. The maximum absolute atomic E-state index is 13.7. The predicted octanol–water partition coefficient (Wildman–Crippen LogP) is 4.47. The van der Waals surface area contributed by atoms with Gasteiger partial charge in [0.15, 0.2) is 0 Å². The van der Waals surface area contributed by atoms with Gasteiger partial charge in [0.1, 0.15) is 11.6 Å². The molecule has 0 aliphatic heterocycles. The number of aromatic hydroxyl groups is 1. The van der Waals surface area contributed by atoms with E-state index in [1.54, 1.807) is 24.3 Å². The number of anilines is 1. The third-order valence-corrected chi connectivity index (χ3v) is 3.38. The summed E-state index contributed by atoms with van der Waals surface area (Å²) in [7, 11) is 0. The summed E-state index contributed by atoms with van der Waals surface area (Å²) in [5.74, 6) is -0.0759. The summed E-state index contributed by atoms with van der Waals surface area (Å²) < 4.78 is 14.3. The van der Waals surface area contributed by atoms with Crippen LogP contribution in [0.3, 0.4) is 0 Å². The fraction of sp³-hybridized carbons (Fsp3) is 0.143. The van der Waals surface area contributed by atoms with Crippen molar-refractivity contribution in [1.29, 1.82) is 0 Å². The minimum atomic E-state index is -0.296. The quantitative estimate of drug-likeness (QED) is 0.877. The molecule has 0 aromatic heterocycles. The minimum absolute atomic E-state index is 0.0567. The van der Waals surface area contributed by atoms with E-state index < -0.39 is 0 Å². The standard InChI is InChI=1S/C14H13BrFNO/c1-9(10-5-7-11(18)8-6-10)17-14-12(15)3-2-4-13(14)16/h2-9,17-18H,1H3. The van der Waals surface area contributed by atoms with Gasteiger partial charge >= 0.3 is 0 Å². The number of halogens is 2. The summed E-state index contributed by atoms with van der Waals surface area (Å²) in [4.78, 5) is 0. The number of benzene rings is 2. The van der Waals surface area contributed by atoms with Gasteiger partial charge in [-0.3, -0.25) is 0 Å². The molecule has 1 atom stereocenters. The van der Waals surface area contributed by atoms with Gasteiger partial charge in [-0.25, -0.2) is 4.39 Å². The van der Waals surface area contributed by atoms with E-state index in [0.717, 1.165) is 5.56 Å². The zero-order chi connectivity index (χ0) is 13.1. The lowest BCUT2D eigenvalue weighted by atomic mass is 10.1. The van der Waals surface area contributed by atoms with Gasteiger partial charge in [0, 0.05) is 10.5 Å². The van der Waals surface area contributed by atoms with Gasteiger partial charge in [-0.15, -0.1) is 0 Å². The lowest BCUT2D eigenvalue weighted by Crippen LogP contribution is -2.08. The van der Waals surface area contributed by atoms with E-state index in [1.807, 2.05) is 19.1 Å². The van der Waals surface area contributed by atoms with E-state index in [1.165, 1.54) is 6.07 Å². The molecule has 1 unspecified atom stereocenters. The van der Waals surface area contributed by atoms with Crippen LogP contribution in [0.25, 0.3) is 0 Å². The number of nitrogens with one attached hydrogen (secondary N) is 1. The molecule has 0 heterocycles. The van der Waals surface area contributed by atoms with Gasteiger partial charge in [0.05, 0.1) is 5.69 Å². The van der Waals surface area contributed by atoms with Crippen molar-refractivity contribution in [1.82, 2.24) is 0 Å². The first-order valence-electron chi connectivity index (χ1n) is 5.57. The van der Waals surface area contributed by atoms with Gasteiger partial charge in [-0.2, -0.15) is 0 Å². The van der Waals surface area contributed by atoms with Crippen LogP contribution in [-0.4, -0.2) is 5.11 Å². The topological polar surface area (TPSA) is 32.3 Å². The molecule has 2 aromatic rings. The summed E-state index contributed by atoms with van der Waals surface area (Å²) in [6.45, 7) is 1.94. The van der Waals surface area contributed by atoms with Crippen molar-refractivity contribution in [3.63, 3.8) is 0 Å². The summed E-state index contributed by atoms with van der Waals surface area (Å²) in [5, 5.41) is 12.3. The second-order valence-corrected chi connectivity index (χ2v) is 4.91. The molecule has 0 fully saturated rings. The zero-order valence-corrected chi connectivity index (χ0v) is 11.4. The van der Waals surface area contributed by atoms with E-state index in [9.17, 15) is 9.50 Å². The third-order valence-electron chi connectivity index (χ3n) is 2.72. The van der Waals surface area contributed by atoms with Crippen LogP contribution in [0.15, 0.2) is 46.9 Å². The molecule has 0 aliphatic carbocycles. The second-order valence-electron chi connectivity index (χ2n) is 4.05. The first-order valence-corrected chi connectivity index (χ1v) is 6.36. The Labute approximate surface area is 114 Å². The number of hydrogen-bond donors (Lipinski definition) is 2. The second kappa shape index (κ2) is 5.40. The number of para-hydroxylation sites is 1. The van der Waals surface area contributed by atoms with Gasteiger partial charge in [0.25, 0.3) is 0 Å². The molecule has 2 N–H and O–H groups in total. The Kier molecular flexibility index (Phi) is 3.87. The molecule has 2 nitrogen and oxygen atoms in total. The first kappa shape index (κ1) is 12.9. The van der Waals surface area contributed by atoms with Crippen molar-refractivity contribution in [2.45, 2.75) is 13.0 Å². The Bertz CT molecular complexity index is 522. The van der Waals surface area contributed by atoms with Crippen LogP contribution >= 0.6 is 15.9 Å². The van der Waals surface area contributed by atoms with Crippen LogP contribution in [-0.2, 0) is 0 Å². The van der Waals surface area contributed by atoms with Gasteiger partial charge < -0.3 is 10.4 Å². The highest BCUT2D eigenvalue weighted by atomic mass is 79.9. The molecule has 2 rings (SSSR count). The Morgan fingerprint density at radius 1 is 1.17 bits per heavy atom. The molecule has 0 saturated carbocycles. The smallest absolute Gasteiger partial charge is 0.147 e. The Morgan fingerprint density at radius 3 is 2.44 bits per heavy atom. The minimum Gasteiger partial charge on any atom is -0.508 e. The zero-order valence-electron chi connectivity index (χ0n) is 9.82. The van der Waals surface area contributed by atoms with Gasteiger partial charge in [-0.05, 0) is 52.7 Å². The SMILES string of the molecule is CC(Nc1c(F)cccc1Br)c1ccc(O)cc1. The van der Waals surface area contributed by atoms with Crippen LogP contribution in [0, 0.1) is 5.82 Å². The number of hydrogen-bond acceptors (Lipinski definition) is 2. The Balaban J connectivity index is 2.21. The molecular formula is C14H13BrFNO. The summed E-state index contributed by atoms with van der Waals surface area (Å²) in [5.41, 5.74) is 1.42. The molecule has 0 amide bonds. The molecule has 0 saturated heterocycles. The lowest BCUT2D eigenvalue weighted by Gasteiger charge is -2.17. The van der Waals surface area contributed by atoms with Gasteiger partial charge in [-0.1, -0.05) is 18.2 Å². The predicted molar refractivity (Wildman–Crippen MR) is 74.2 cm³/mol. The number of phenolic OH excluding ortho intramolecular Hbond substituents is 1.